The molecule has 1 aliphatic rings. The number of hydrogen-bond acceptors (Lipinski definition) is 5. The maximum Gasteiger partial charge on any atom is 0.291 e. The Kier molecular flexibility index (Phi) is 4.36. The smallest absolute Gasteiger partial charge is 0.291 e. The van der Waals surface area contributed by atoms with Crippen molar-refractivity contribution in [1.29, 1.82) is 0 Å². The highest BCUT2D eigenvalue weighted by atomic mass is 16.2. The average Bonchev–Trinajstić information content (AvgIpc) is 3.00. The van der Waals surface area contributed by atoms with Crippen LogP contribution in [0.4, 0.5) is 5.95 Å². The lowest BCUT2D eigenvalue weighted by Crippen LogP contribution is -2.43. The van der Waals surface area contributed by atoms with Gasteiger partial charge in [-0.15, -0.1) is 5.10 Å². The van der Waals surface area contributed by atoms with Crippen LogP contribution in [0.25, 0.3) is 0 Å². The number of likely N-dealkylation sites (N-methyl/N-ethyl adjacent to an activating group) is 1. The van der Waals surface area contributed by atoms with Gasteiger partial charge in [-0.3, -0.25) is 9.89 Å². The number of amides is 1. The number of nitrogen functional groups attached to an aromatic ring is 1. The summed E-state index contributed by atoms with van der Waals surface area (Å²) in [5, 5.41) is 6.33. The molecule has 0 saturated heterocycles. The highest BCUT2D eigenvalue weighted by Crippen LogP contribution is 2.24. The van der Waals surface area contributed by atoms with Crippen LogP contribution < -0.4 is 5.73 Å². The monoisotopic (exact) mass is 266 g/mol. The van der Waals surface area contributed by atoms with Gasteiger partial charge in [0, 0.05) is 19.1 Å². The molecule has 7 heteroatoms. The number of H-pyrrole nitrogens is 1. The topological polar surface area (TPSA) is 91.1 Å². The molecule has 0 bridgehead atoms. The molecule has 1 aromatic heterocycles. The molecule has 1 saturated carbocycles. The Hall–Kier alpha value is -1.63. The Morgan fingerprint density at radius 2 is 2.05 bits per heavy atom. The molecule has 0 spiro atoms. The molecule has 1 heterocycles. The fourth-order valence-electron chi connectivity index (χ4n) is 2.48. The van der Waals surface area contributed by atoms with Gasteiger partial charge in [-0.05, 0) is 26.9 Å². The van der Waals surface area contributed by atoms with E-state index in [4.69, 9.17) is 5.73 Å². The summed E-state index contributed by atoms with van der Waals surface area (Å²) in [5.74, 6) is 0.253. The van der Waals surface area contributed by atoms with Gasteiger partial charge in [-0.1, -0.05) is 12.8 Å². The van der Waals surface area contributed by atoms with Gasteiger partial charge in [-0.25, -0.2) is 0 Å². The Labute approximate surface area is 113 Å². The first-order valence-corrected chi connectivity index (χ1v) is 6.71. The minimum atomic E-state index is -0.0991. The third-order valence-corrected chi connectivity index (χ3v) is 3.52. The first-order chi connectivity index (χ1) is 9.08. The zero-order chi connectivity index (χ0) is 13.8. The first kappa shape index (κ1) is 13.8. The highest BCUT2D eigenvalue weighted by molar-refractivity contribution is 5.91. The zero-order valence-corrected chi connectivity index (χ0v) is 11.6. The Morgan fingerprint density at radius 1 is 1.37 bits per heavy atom. The van der Waals surface area contributed by atoms with Crippen molar-refractivity contribution in [3.05, 3.63) is 5.82 Å². The molecular weight excluding hydrogens is 244 g/mol. The Bertz CT molecular complexity index is 424. The van der Waals surface area contributed by atoms with Crippen LogP contribution in [0.15, 0.2) is 0 Å². The standard InChI is InChI=1S/C12H22N6O/c1-17(2)7-8-18(9-5-3-4-6-9)11(19)10-14-12(13)16-15-10/h9H,3-8H2,1-2H3,(H3,13,14,15,16). The van der Waals surface area contributed by atoms with E-state index in [2.05, 4.69) is 20.1 Å². The molecule has 7 nitrogen and oxygen atoms in total. The SMILES string of the molecule is CN(C)CCN(C(=O)c1nc(N)n[nH]1)C1CCCC1. The summed E-state index contributed by atoms with van der Waals surface area (Å²) in [4.78, 5) is 20.4. The van der Waals surface area contributed by atoms with Gasteiger partial charge in [0.25, 0.3) is 5.91 Å². The van der Waals surface area contributed by atoms with E-state index in [0.29, 0.717) is 12.6 Å². The largest absolute Gasteiger partial charge is 0.366 e. The van der Waals surface area contributed by atoms with Gasteiger partial charge in [0.1, 0.15) is 0 Å². The quantitative estimate of drug-likeness (QED) is 0.801. The van der Waals surface area contributed by atoms with E-state index in [0.717, 1.165) is 19.4 Å². The number of anilines is 1. The molecule has 0 aliphatic heterocycles. The van der Waals surface area contributed by atoms with Crippen LogP contribution in [0.5, 0.6) is 0 Å². The van der Waals surface area contributed by atoms with Crippen molar-refractivity contribution in [3.63, 3.8) is 0 Å². The van der Waals surface area contributed by atoms with E-state index in [9.17, 15) is 4.79 Å². The Morgan fingerprint density at radius 3 is 2.58 bits per heavy atom. The lowest BCUT2D eigenvalue weighted by atomic mass is 10.2. The van der Waals surface area contributed by atoms with Gasteiger partial charge in [0.05, 0.1) is 0 Å². The Balaban J connectivity index is 2.09. The molecule has 1 fully saturated rings. The third kappa shape index (κ3) is 3.44. The van der Waals surface area contributed by atoms with Gasteiger partial charge in [0.15, 0.2) is 0 Å². The molecule has 0 aromatic carbocycles. The molecular formula is C12H22N6O. The zero-order valence-electron chi connectivity index (χ0n) is 11.6. The third-order valence-electron chi connectivity index (χ3n) is 3.52. The molecule has 3 N–H and O–H groups in total. The van der Waals surface area contributed by atoms with Crippen molar-refractivity contribution in [2.24, 2.45) is 0 Å². The lowest BCUT2D eigenvalue weighted by molar-refractivity contribution is 0.0655. The molecule has 1 aromatic rings. The second-order valence-electron chi connectivity index (χ2n) is 5.28. The van der Waals surface area contributed by atoms with Crippen molar-refractivity contribution in [2.75, 3.05) is 32.9 Å². The van der Waals surface area contributed by atoms with Crippen LogP contribution in [0.3, 0.4) is 0 Å². The van der Waals surface area contributed by atoms with E-state index >= 15 is 0 Å². The second-order valence-corrected chi connectivity index (χ2v) is 5.28. The maximum atomic E-state index is 12.5. The number of nitrogens with zero attached hydrogens (tertiary/aromatic N) is 4. The number of aromatic nitrogens is 3. The molecule has 1 aliphatic carbocycles. The van der Waals surface area contributed by atoms with E-state index in [1.807, 2.05) is 19.0 Å². The predicted molar refractivity (Wildman–Crippen MR) is 72.6 cm³/mol. The number of hydrogen-bond donors (Lipinski definition) is 2. The van der Waals surface area contributed by atoms with Gasteiger partial charge >= 0.3 is 0 Å². The summed E-state index contributed by atoms with van der Waals surface area (Å²) in [6, 6.07) is 0.318. The van der Waals surface area contributed by atoms with Gasteiger partial charge in [-0.2, -0.15) is 4.98 Å². The maximum absolute atomic E-state index is 12.5. The summed E-state index contributed by atoms with van der Waals surface area (Å²) in [7, 11) is 4.01. The highest BCUT2D eigenvalue weighted by Gasteiger charge is 2.28. The van der Waals surface area contributed by atoms with Gasteiger partial charge < -0.3 is 15.5 Å². The van der Waals surface area contributed by atoms with Crippen molar-refractivity contribution >= 4 is 11.9 Å². The summed E-state index contributed by atoms with van der Waals surface area (Å²) < 4.78 is 0. The minimum absolute atomic E-state index is 0.0991. The summed E-state index contributed by atoms with van der Waals surface area (Å²) in [6.07, 6.45) is 4.52. The van der Waals surface area contributed by atoms with Crippen LogP contribution in [-0.4, -0.2) is 64.1 Å². The molecule has 2 rings (SSSR count). The van der Waals surface area contributed by atoms with Crippen LogP contribution in [0.1, 0.15) is 36.3 Å². The van der Waals surface area contributed by atoms with E-state index in [-0.39, 0.29) is 17.7 Å². The van der Waals surface area contributed by atoms with Crippen molar-refractivity contribution < 1.29 is 4.79 Å². The van der Waals surface area contributed by atoms with E-state index < -0.39 is 0 Å². The fraction of sp³-hybridized carbons (Fsp3) is 0.750. The van der Waals surface area contributed by atoms with Crippen LogP contribution >= 0.6 is 0 Å². The van der Waals surface area contributed by atoms with Crippen LogP contribution in [0.2, 0.25) is 0 Å². The predicted octanol–water partition coefficient (Wildman–Crippen LogP) is 0.333. The van der Waals surface area contributed by atoms with Crippen molar-refractivity contribution in [3.8, 4) is 0 Å². The molecule has 0 radical (unpaired) electrons. The molecule has 1 amide bonds. The molecule has 19 heavy (non-hydrogen) atoms. The fourth-order valence-corrected chi connectivity index (χ4v) is 2.48. The van der Waals surface area contributed by atoms with Crippen LogP contribution in [-0.2, 0) is 0 Å². The summed E-state index contributed by atoms with van der Waals surface area (Å²) >= 11 is 0. The second kappa shape index (κ2) is 6.01. The van der Waals surface area contributed by atoms with Gasteiger partial charge in [0.2, 0.25) is 11.8 Å². The van der Waals surface area contributed by atoms with E-state index in [1.165, 1.54) is 12.8 Å². The first-order valence-electron chi connectivity index (χ1n) is 6.71. The number of aromatic amines is 1. The summed E-state index contributed by atoms with van der Waals surface area (Å²) in [6.45, 7) is 1.54. The lowest BCUT2D eigenvalue weighted by Gasteiger charge is -2.29. The normalized spacial score (nSPS) is 16.2. The number of nitrogens with two attached hydrogens (primary N) is 1. The summed E-state index contributed by atoms with van der Waals surface area (Å²) in [5.41, 5.74) is 5.46. The molecule has 0 unspecified atom stereocenters. The molecule has 0 atom stereocenters. The van der Waals surface area contributed by atoms with Crippen molar-refractivity contribution in [1.82, 2.24) is 25.0 Å². The number of carbonyl (C=O) groups is 1. The average molecular weight is 266 g/mol. The minimum Gasteiger partial charge on any atom is -0.366 e. The van der Waals surface area contributed by atoms with Crippen molar-refractivity contribution in [2.45, 2.75) is 31.7 Å². The van der Waals surface area contributed by atoms with E-state index in [1.54, 1.807) is 0 Å². The number of nitrogens with one attached hydrogen (secondary N) is 1. The van der Waals surface area contributed by atoms with Crippen LogP contribution in [0, 0.1) is 0 Å². The molecule has 106 valence electrons. The number of rotatable bonds is 5. The number of carbonyl (C=O) groups excluding carboxylic acids is 1.